The van der Waals surface area contributed by atoms with Crippen LogP contribution in [-0.4, -0.2) is 19.5 Å². The third-order valence-electron chi connectivity index (χ3n) is 10.1. The van der Waals surface area contributed by atoms with E-state index in [2.05, 4.69) is 150 Å². The maximum absolute atomic E-state index is 5.17. The summed E-state index contributed by atoms with van der Waals surface area (Å²) in [6.07, 6.45) is 0. The zero-order valence-corrected chi connectivity index (χ0v) is 31.1. The Morgan fingerprint density at radius 3 is 1.29 bits per heavy atom. The predicted molar refractivity (Wildman–Crippen MR) is 232 cm³/mol. The first-order chi connectivity index (χ1) is 27.8. The number of hydrogen-bond donors (Lipinski definition) is 0. The highest BCUT2D eigenvalue weighted by molar-refractivity contribution is 7.99. The Balaban J connectivity index is 1.27. The molecule has 5 heteroatoms. The van der Waals surface area contributed by atoms with E-state index in [9.17, 15) is 0 Å². The summed E-state index contributed by atoms with van der Waals surface area (Å²) < 4.78 is 2.45. The van der Waals surface area contributed by atoms with Crippen LogP contribution in [0.2, 0.25) is 0 Å². The van der Waals surface area contributed by atoms with Crippen LogP contribution in [0.25, 0.3) is 83.9 Å². The fraction of sp³-hybridized carbons (Fsp3) is 0. The van der Waals surface area contributed by atoms with E-state index in [0.717, 1.165) is 55.7 Å². The summed E-state index contributed by atoms with van der Waals surface area (Å²) in [7, 11) is 0. The number of para-hydroxylation sites is 1. The molecule has 2 heterocycles. The molecule has 0 saturated heterocycles. The summed E-state index contributed by atoms with van der Waals surface area (Å²) >= 11 is 1.79. The van der Waals surface area contributed by atoms with Crippen molar-refractivity contribution >= 4 is 33.6 Å². The lowest BCUT2D eigenvalue weighted by Crippen LogP contribution is -2.04. The molecule has 10 aromatic rings. The van der Waals surface area contributed by atoms with Crippen molar-refractivity contribution in [2.45, 2.75) is 9.79 Å². The van der Waals surface area contributed by atoms with Crippen molar-refractivity contribution in [3.05, 3.63) is 206 Å². The molecule has 8 aromatic carbocycles. The lowest BCUT2D eigenvalue weighted by molar-refractivity contribution is 1.07. The Hall–Kier alpha value is -7.08. The Morgan fingerprint density at radius 2 is 0.750 bits per heavy atom. The summed E-state index contributed by atoms with van der Waals surface area (Å²) in [5, 5.41) is 2.42. The van der Waals surface area contributed by atoms with Crippen LogP contribution in [0.15, 0.2) is 216 Å². The number of aromatic nitrogens is 4. The second-order valence-corrected chi connectivity index (χ2v) is 14.8. The fourth-order valence-electron chi connectivity index (χ4n) is 7.50. The second-order valence-electron chi connectivity index (χ2n) is 13.6. The molecule has 0 fully saturated rings. The van der Waals surface area contributed by atoms with Gasteiger partial charge in [-0.2, -0.15) is 0 Å². The molecule has 0 bridgehead atoms. The molecule has 0 aliphatic carbocycles. The predicted octanol–water partition coefficient (Wildman–Crippen LogP) is 13.5. The topological polar surface area (TPSA) is 43.6 Å². The van der Waals surface area contributed by atoms with Gasteiger partial charge in [0, 0.05) is 48.4 Å². The van der Waals surface area contributed by atoms with Crippen LogP contribution in [0, 0.1) is 0 Å². The van der Waals surface area contributed by atoms with Crippen molar-refractivity contribution in [1.29, 1.82) is 0 Å². The molecule has 0 N–H and O–H groups in total. The molecule has 0 aliphatic rings. The van der Waals surface area contributed by atoms with E-state index < -0.39 is 0 Å². The Bertz CT molecular complexity index is 2850. The number of nitrogens with zero attached hydrogens (tertiary/aromatic N) is 4. The van der Waals surface area contributed by atoms with Gasteiger partial charge in [-0.05, 0) is 59.7 Å². The number of benzene rings is 8. The lowest BCUT2D eigenvalue weighted by Gasteiger charge is -2.21. The van der Waals surface area contributed by atoms with Crippen LogP contribution in [0.1, 0.15) is 0 Å². The third kappa shape index (κ3) is 6.34. The van der Waals surface area contributed by atoms with E-state index in [1.54, 1.807) is 11.8 Å². The first-order valence-corrected chi connectivity index (χ1v) is 19.5. The van der Waals surface area contributed by atoms with Crippen molar-refractivity contribution in [2.75, 3.05) is 0 Å². The van der Waals surface area contributed by atoms with Crippen molar-refractivity contribution in [3.63, 3.8) is 0 Å². The van der Waals surface area contributed by atoms with Gasteiger partial charge in [0.05, 0.1) is 16.7 Å². The van der Waals surface area contributed by atoms with Gasteiger partial charge < -0.3 is 4.57 Å². The molecular formula is C51H34N4S. The van der Waals surface area contributed by atoms with Gasteiger partial charge in [-0.15, -0.1) is 0 Å². The minimum Gasteiger partial charge on any atom is -0.308 e. The van der Waals surface area contributed by atoms with Gasteiger partial charge in [0.2, 0.25) is 0 Å². The second kappa shape index (κ2) is 14.6. The quantitative estimate of drug-likeness (QED) is 0.156. The highest BCUT2D eigenvalue weighted by atomic mass is 32.2. The molecule has 0 spiro atoms. The summed E-state index contributed by atoms with van der Waals surface area (Å²) in [4.78, 5) is 17.8. The molecule has 0 unspecified atom stereocenters. The Morgan fingerprint density at radius 1 is 0.321 bits per heavy atom. The van der Waals surface area contributed by atoms with E-state index in [1.807, 2.05) is 60.7 Å². The highest BCUT2D eigenvalue weighted by Crippen LogP contribution is 2.44. The van der Waals surface area contributed by atoms with Crippen LogP contribution in [0.5, 0.6) is 0 Å². The maximum Gasteiger partial charge on any atom is 0.164 e. The smallest absolute Gasteiger partial charge is 0.164 e. The molecule has 0 atom stereocenters. The van der Waals surface area contributed by atoms with Gasteiger partial charge in [-0.25, -0.2) is 15.0 Å². The molecule has 0 amide bonds. The van der Waals surface area contributed by atoms with E-state index in [0.29, 0.717) is 17.5 Å². The van der Waals surface area contributed by atoms with E-state index >= 15 is 0 Å². The van der Waals surface area contributed by atoms with Crippen LogP contribution in [0.4, 0.5) is 0 Å². The molecule has 0 aliphatic heterocycles. The normalized spacial score (nSPS) is 11.3. The van der Waals surface area contributed by atoms with E-state index in [-0.39, 0.29) is 0 Å². The molecule has 4 nitrogen and oxygen atoms in total. The first-order valence-electron chi connectivity index (χ1n) is 18.7. The number of hydrogen-bond acceptors (Lipinski definition) is 4. The molecule has 0 saturated carbocycles. The Labute approximate surface area is 329 Å². The highest BCUT2D eigenvalue weighted by Gasteiger charge is 2.23. The minimum absolute atomic E-state index is 0.614. The maximum atomic E-state index is 5.17. The Kier molecular flexibility index (Phi) is 8.75. The number of fused-ring (bicyclic) bond motifs is 3. The van der Waals surface area contributed by atoms with Crippen molar-refractivity contribution in [1.82, 2.24) is 19.5 Å². The summed E-state index contributed by atoms with van der Waals surface area (Å²) in [5.41, 5.74) is 10.5. The fourth-order valence-corrected chi connectivity index (χ4v) is 8.38. The zero-order chi connectivity index (χ0) is 37.3. The van der Waals surface area contributed by atoms with E-state index in [1.165, 1.54) is 20.6 Å². The van der Waals surface area contributed by atoms with Crippen LogP contribution < -0.4 is 0 Å². The van der Waals surface area contributed by atoms with Crippen molar-refractivity contribution in [2.24, 2.45) is 0 Å². The van der Waals surface area contributed by atoms with Crippen LogP contribution in [0.3, 0.4) is 0 Å². The van der Waals surface area contributed by atoms with Gasteiger partial charge in [0.1, 0.15) is 0 Å². The molecule has 56 heavy (non-hydrogen) atoms. The molecule has 10 rings (SSSR count). The molecule has 264 valence electrons. The van der Waals surface area contributed by atoms with Crippen LogP contribution >= 0.6 is 11.8 Å². The number of rotatable bonds is 8. The van der Waals surface area contributed by atoms with Crippen LogP contribution in [-0.2, 0) is 0 Å². The monoisotopic (exact) mass is 734 g/mol. The lowest BCUT2D eigenvalue weighted by atomic mass is 9.92. The first kappa shape index (κ1) is 33.5. The standard InChI is InChI=1S/C51H34N4S/c1-6-18-35(19-7-1)43-32-39(51-53-49(37-22-10-3-11-23-37)52-50(54-51)38-24-12-4-13-25-38)33-44(36-20-8-2-9-21-36)48(43)55-46-29-17-16-28-42(46)45-34-41(30-31-47(45)55)56-40-26-14-5-15-27-40/h1-34H. The summed E-state index contributed by atoms with van der Waals surface area (Å²) in [5.74, 6) is 1.88. The van der Waals surface area contributed by atoms with Gasteiger partial charge in [-0.1, -0.05) is 169 Å². The van der Waals surface area contributed by atoms with Gasteiger partial charge in [-0.3, -0.25) is 0 Å². The average Bonchev–Trinajstić information content (AvgIpc) is 3.60. The van der Waals surface area contributed by atoms with Gasteiger partial charge in [0.15, 0.2) is 17.5 Å². The third-order valence-corrected chi connectivity index (χ3v) is 11.1. The zero-order valence-electron chi connectivity index (χ0n) is 30.3. The molecule has 0 radical (unpaired) electrons. The average molecular weight is 735 g/mol. The SMILES string of the molecule is c1ccc(Sc2ccc3c(c2)c2ccccc2n3-c2c(-c3ccccc3)cc(-c3nc(-c4ccccc4)nc(-c4ccccc4)n3)cc2-c2ccccc2)cc1. The molecular weight excluding hydrogens is 701 g/mol. The largest absolute Gasteiger partial charge is 0.308 e. The van der Waals surface area contributed by atoms with Crippen molar-refractivity contribution in [3.8, 4) is 62.1 Å². The molecule has 2 aromatic heterocycles. The van der Waals surface area contributed by atoms with Gasteiger partial charge in [0.25, 0.3) is 0 Å². The van der Waals surface area contributed by atoms with E-state index in [4.69, 9.17) is 15.0 Å². The van der Waals surface area contributed by atoms with Gasteiger partial charge >= 0.3 is 0 Å². The minimum atomic E-state index is 0.614. The summed E-state index contributed by atoms with van der Waals surface area (Å²) in [6, 6.07) is 72.4. The van der Waals surface area contributed by atoms with Crippen molar-refractivity contribution < 1.29 is 0 Å². The summed E-state index contributed by atoms with van der Waals surface area (Å²) in [6.45, 7) is 0.